The predicted molar refractivity (Wildman–Crippen MR) is 79.2 cm³/mol. The number of hydrogen-bond donors (Lipinski definition) is 2. The number of nitrogens with zero attached hydrogens (tertiary/aromatic N) is 3. The summed E-state index contributed by atoms with van der Waals surface area (Å²) in [6.07, 6.45) is 5.01. The highest BCUT2D eigenvalue weighted by Crippen LogP contribution is 2.22. The lowest BCUT2D eigenvalue weighted by Gasteiger charge is -2.19. The van der Waals surface area contributed by atoms with Crippen LogP contribution in [-0.2, 0) is 19.9 Å². The molecule has 2 N–H and O–H groups in total. The fourth-order valence-corrected chi connectivity index (χ4v) is 2.75. The number of amides is 1. The van der Waals surface area contributed by atoms with Gasteiger partial charge in [0, 0.05) is 18.8 Å². The van der Waals surface area contributed by atoms with Crippen LogP contribution in [0.4, 0.5) is 5.95 Å². The fourth-order valence-electron chi connectivity index (χ4n) is 2.75. The third-order valence-corrected chi connectivity index (χ3v) is 3.82. The second-order valence-corrected chi connectivity index (χ2v) is 5.25. The van der Waals surface area contributed by atoms with Gasteiger partial charge in [-0.25, -0.2) is 5.10 Å². The lowest BCUT2D eigenvalue weighted by molar-refractivity contribution is 0.102. The Morgan fingerprint density at radius 3 is 2.77 bits per heavy atom. The number of hydrogen-bond acceptors (Lipinski definition) is 5. The van der Waals surface area contributed by atoms with Crippen LogP contribution in [0.3, 0.4) is 0 Å². The monoisotopic (exact) mass is 303 g/mol. The second kappa shape index (κ2) is 5.63. The summed E-state index contributed by atoms with van der Waals surface area (Å²) in [5.41, 5.74) is 2.08. The Kier molecular flexibility index (Phi) is 3.66. The molecule has 22 heavy (non-hydrogen) atoms. The highest BCUT2D eigenvalue weighted by Gasteiger charge is 2.22. The Labute approximate surface area is 126 Å². The molecule has 2 heterocycles. The van der Waals surface area contributed by atoms with Crippen LogP contribution in [0.15, 0.2) is 11.0 Å². The Morgan fingerprint density at radius 2 is 2.09 bits per heavy atom. The number of aryl methyl sites for hydroxylation is 1. The molecule has 2 aromatic heterocycles. The topological polar surface area (TPSA) is 102 Å². The van der Waals surface area contributed by atoms with Crippen molar-refractivity contribution in [2.75, 3.05) is 12.4 Å². The summed E-state index contributed by atoms with van der Waals surface area (Å²) < 4.78 is 6.32. The number of rotatable bonds is 3. The molecule has 0 spiro atoms. The standard InChI is InChI=1S/C14H17N5O3/c1-19-7-10(8-5-3-4-6-9(8)12(19)21)11(20)15-13-16-14(22-2)18-17-13/h7H,3-6H2,1-2H3,(H2,15,16,17,18,20). The summed E-state index contributed by atoms with van der Waals surface area (Å²) in [6.45, 7) is 0. The van der Waals surface area contributed by atoms with Gasteiger partial charge in [0.25, 0.3) is 11.5 Å². The van der Waals surface area contributed by atoms with Crippen LogP contribution in [0.2, 0.25) is 0 Å². The molecule has 0 fully saturated rings. The van der Waals surface area contributed by atoms with Crippen molar-refractivity contribution in [2.24, 2.45) is 7.05 Å². The van der Waals surface area contributed by atoms with E-state index in [1.807, 2.05) is 0 Å². The quantitative estimate of drug-likeness (QED) is 0.866. The molecule has 1 amide bonds. The van der Waals surface area contributed by atoms with E-state index in [1.54, 1.807) is 13.2 Å². The second-order valence-electron chi connectivity index (χ2n) is 5.25. The number of ether oxygens (including phenoxy) is 1. The van der Waals surface area contributed by atoms with E-state index in [9.17, 15) is 9.59 Å². The molecule has 8 heteroatoms. The summed E-state index contributed by atoms with van der Waals surface area (Å²) in [7, 11) is 3.10. The van der Waals surface area contributed by atoms with Crippen molar-refractivity contribution in [3.8, 4) is 6.01 Å². The fraction of sp³-hybridized carbons (Fsp3) is 0.429. The average molecular weight is 303 g/mol. The number of anilines is 1. The van der Waals surface area contributed by atoms with Crippen molar-refractivity contribution >= 4 is 11.9 Å². The van der Waals surface area contributed by atoms with E-state index in [-0.39, 0.29) is 23.4 Å². The number of carbonyl (C=O) groups excluding carboxylic acids is 1. The number of methoxy groups -OCH3 is 1. The Morgan fingerprint density at radius 1 is 1.36 bits per heavy atom. The lowest BCUT2D eigenvalue weighted by atomic mass is 9.89. The van der Waals surface area contributed by atoms with E-state index in [1.165, 1.54) is 11.7 Å². The minimum absolute atomic E-state index is 0.0208. The van der Waals surface area contributed by atoms with E-state index in [0.29, 0.717) is 5.56 Å². The molecule has 8 nitrogen and oxygen atoms in total. The third kappa shape index (κ3) is 2.47. The number of fused-ring (bicyclic) bond motifs is 1. The molecule has 116 valence electrons. The maximum Gasteiger partial charge on any atom is 0.336 e. The minimum Gasteiger partial charge on any atom is -0.466 e. The van der Waals surface area contributed by atoms with Crippen LogP contribution in [0, 0.1) is 0 Å². The first kappa shape index (κ1) is 14.3. The molecule has 0 atom stereocenters. The molecule has 3 rings (SSSR count). The van der Waals surface area contributed by atoms with Gasteiger partial charge in [-0.3, -0.25) is 14.9 Å². The number of pyridine rings is 1. The zero-order chi connectivity index (χ0) is 15.7. The van der Waals surface area contributed by atoms with Gasteiger partial charge < -0.3 is 9.30 Å². The molecular weight excluding hydrogens is 286 g/mol. The normalized spacial score (nSPS) is 13.5. The van der Waals surface area contributed by atoms with E-state index in [0.717, 1.165) is 36.8 Å². The van der Waals surface area contributed by atoms with Crippen LogP contribution in [0.25, 0.3) is 0 Å². The summed E-state index contributed by atoms with van der Waals surface area (Å²) in [4.78, 5) is 28.6. The number of aromatic amines is 1. The molecule has 0 unspecified atom stereocenters. The van der Waals surface area contributed by atoms with Gasteiger partial charge in [-0.05, 0) is 31.2 Å². The molecule has 0 saturated heterocycles. The first-order chi connectivity index (χ1) is 10.6. The van der Waals surface area contributed by atoms with Crippen molar-refractivity contribution < 1.29 is 9.53 Å². The van der Waals surface area contributed by atoms with Crippen LogP contribution in [0.1, 0.15) is 34.3 Å². The van der Waals surface area contributed by atoms with Gasteiger partial charge in [0.1, 0.15) is 0 Å². The maximum absolute atomic E-state index is 12.5. The highest BCUT2D eigenvalue weighted by molar-refractivity contribution is 6.04. The smallest absolute Gasteiger partial charge is 0.336 e. The molecule has 0 aliphatic heterocycles. The zero-order valence-electron chi connectivity index (χ0n) is 12.5. The molecule has 0 saturated carbocycles. The molecule has 0 aromatic carbocycles. The van der Waals surface area contributed by atoms with Crippen molar-refractivity contribution in [1.29, 1.82) is 0 Å². The van der Waals surface area contributed by atoms with Crippen molar-refractivity contribution in [2.45, 2.75) is 25.7 Å². The van der Waals surface area contributed by atoms with E-state index in [2.05, 4.69) is 20.5 Å². The van der Waals surface area contributed by atoms with Gasteiger partial charge in [0.15, 0.2) is 0 Å². The highest BCUT2D eigenvalue weighted by atomic mass is 16.5. The molecule has 2 aromatic rings. The van der Waals surface area contributed by atoms with Gasteiger partial charge >= 0.3 is 6.01 Å². The molecule has 1 aliphatic carbocycles. The Balaban J connectivity index is 1.95. The Hall–Kier alpha value is -2.64. The van der Waals surface area contributed by atoms with Gasteiger partial charge in [-0.1, -0.05) is 0 Å². The molecule has 0 radical (unpaired) electrons. The van der Waals surface area contributed by atoms with Crippen LogP contribution in [-0.4, -0.2) is 32.8 Å². The van der Waals surface area contributed by atoms with Crippen molar-refractivity contribution in [3.05, 3.63) is 33.2 Å². The van der Waals surface area contributed by atoms with Crippen LogP contribution < -0.4 is 15.6 Å². The van der Waals surface area contributed by atoms with E-state index < -0.39 is 0 Å². The number of H-pyrrole nitrogens is 1. The summed E-state index contributed by atoms with van der Waals surface area (Å²) in [5, 5.41) is 9.00. The minimum atomic E-state index is -0.312. The van der Waals surface area contributed by atoms with Crippen molar-refractivity contribution in [1.82, 2.24) is 19.7 Å². The van der Waals surface area contributed by atoms with E-state index in [4.69, 9.17) is 4.74 Å². The predicted octanol–water partition coefficient (Wildman–Crippen LogP) is 0.643. The van der Waals surface area contributed by atoms with Gasteiger partial charge in [-0.15, -0.1) is 5.10 Å². The average Bonchev–Trinajstić information content (AvgIpc) is 2.98. The summed E-state index contributed by atoms with van der Waals surface area (Å²) >= 11 is 0. The lowest BCUT2D eigenvalue weighted by Crippen LogP contribution is -2.29. The largest absolute Gasteiger partial charge is 0.466 e. The van der Waals surface area contributed by atoms with Crippen LogP contribution in [0.5, 0.6) is 6.01 Å². The van der Waals surface area contributed by atoms with Gasteiger partial charge in [0.05, 0.1) is 12.7 Å². The molecular formula is C14H17N5O3. The zero-order valence-corrected chi connectivity index (χ0v) is 12.5. The first-order valence-electron chi connectivity index (χ1n) is 7.09. The summed E-state index contributed by atoms with van der Waals surface area (Å²) in [5.74, 6) is -0.104. The first-order valence-corrected chi connectivity index (χ1v) is 7.09. The molecule has 1 aliphatic rings. The molecule has 0 bridgehead atoms. The number of nitrogens with one attached hydrogen (secondary N) is 2. The number of carbonyl (C=O) groups is 1. The third-order valence-electron chi connectivity index (χ3n) is 3.82. The maximum atomic E-state index is 12.5. The Bertz CT molecular complexity index is 777. The van der Waals surface area contributed by atoms with Crippen molar-refractivity contribution in [3.63, 3.8) is 0 Å². The SMILES string of the molecule is COc1n[nH]c(NC(=O)c2cn(C)c(=O)c3c2CCCC3)n1. The summed E-state index contributed by atoms with van der Waals surface area (Å²) in [6, 6.07) is 0.151. The van der Waals surface area contributed by atoms with Gasteiger partial charge in [0.2, 0.25) is 5.95 Å². The van der Waals surface area contributed by atoms with E-state index >= 15 is 0 Å². The number of aromatic nitrogens is 4. The van der Waals surface area contributed by atoms with Gasteiger partial charge in [-0.2, -0.15) is 4.98 Å². The van der Waals surface area contributed by atoms with Crippen LogP contribution >= 0.6 is 0 Å².